The maximum atomic E-state index is 12.9. The molecule has 2 saturated heterocycles. The number of ether oxygens (including phenoxy) is 3. The highest BCUT2D eigenvalue weighted by atomic mass is 16.6. The Bertz CT molecular complexity index is 539. The molecule has 0 spiro atoms. The van der Waals surface area contributed by atoms with E-state index >= 15 is 0 Å². The fraction of sp³-hybridized carbons (Fsp3) is 0.789. The van der Waals surface area contributed by atoms with Crippen LogP contribution in [0, 0.1) is 5.92 Å². The predicted molar refractivity (Wildman–Crippen MR) is 94.2 cm³/mol. The topological polar surface area (TPSA) is 68.4 Å². The number of likely N-dealkylation sites (tertiary alicyclic amines) is 1. The van der Waals surface area contributed by atoms with Crippen LogP contribution in [0.3, 0.4) is 0 Å². The molecule has 4 atom stereocenters. The molecule has 6 heteroatoms. The van der Waals surface area contributed by atoms with Crippen LogP contribution in [0.25, 0.3) is 0 Å². The van der Waals surface area contributed by atoms with Gasteiger partial charge in [0.25, 0.3) is 0 Å². The highest BCUT2D eigenvalue weighted by molar-refractivity contribution is 5.83. The predicted octanol–water partition coefficient (Wildman–Crippen LogP) is 3.30. The Labute approximate surface area is 150 Å². The van der Waals surface area contributed by atoms with Crippen molar-refractivity contribution in [3.63, 3.8) is 0 Å². The molecule has 142 valence electrons. The summed E-state index contributed by atoms with van der Waals surface area (Å²) in [6, 6.07) is -0.868. The largest absolute Gasteiger partial charge is 0.458 e. The minimum Gasteiger partial charge on any atom is -0.458 e. The molecule has 1 unspecified atom stereocenters. The molecule has 0 bridgehead atoms. The molecule has 6 nitrogen and oxygen atoms in total. The fourth-order valence-corrected chi connectivity index (χ4v) is 3.22. The third-order valence-corrected chi connectivity index (χ3v) is 4.05. The van der Waals surface area contributed by atoms with Gasteiger partial charge in [0.1, 0.15) is 23.3 Å². The normalized spacial score (nSPS) is 29.8. The van der Waals surface area contributed by atoms with Crippen molar-refractivity contribution in [1.82, 2.24) is 4.90 Å². The number of allylic oxidation sites excluding steroid dienone is 1. The monoisotopic (exact) mass is 353 g/mol. The van der Waals surface area contributed by atoms with Gasteiger partial charge in [0, 0.05) is 5.92 Å². The summed E-state index contributed by atoms with van der Waals surface area (Å²) in [7, 11) is 0. The molecule has 0 aliphatic carbocycles. The number of carbonyl (C=O) groups is 2. The van der Waals surface area contributed by atoms with Crippen LogP contribution in [0.4, 0.5) is 4.79 Å². The zero-order valence-corrected chi connectivity index (χ0v) is 16.4. The van der Waals surface area contributed by atoms with Crippen molar-refractivity contribution in [3.8, 4) is 0 Å². The Kier molecular flexibility index (Phi) is 5.52. The van der Waals surface area contributed by atoms with E-state index in [1.165, 1.54) is 0 Å². The maximum Gasteiger partial charge on any atom is 0.411 e. The van der Waals surface area contributed by atoms with Crippen LogP contribution in [0.1, 0.15) is 54.9 Å². The lowest BCUT2D eigenvalue weighted by Crippen LogP contribution is -2.50. The standard InChI is InChI=1S/C19H31NO5/c1-8-9-12-10-13(16(21)24-18(2,3)4)20(15(12)14-11-23-14)17(22)25-19(5,6)7/h8-9,12-15H,10-11H2,1-7H3/t12-,13+,14?,15-/m1/s1. The average molecular weight is 353 g/mol. The van der Waals surface area contributed by atoms with Crippen molar-refractivity contribution in [1.29, 1.82) is 0 Å². The molecule has 0 aromatic rings. The zero-order chi connectivity index (χ0) is 19.0. The highest BCUT2D eigenvalue weighted by Crippen LogP contribution is 2.39. The Hall–Kier alpha value is -1.56. The van der Waals surface area contributed by atoms with Gasteiger partial charge in [-0.2, -0.15) is 0 Å². The van der Waals surface area contributed by atoms with E-state index in [1.54, 1.807) is 4.90 Å². The molecule has 2 aliphatic rings. The number of esters is 1. The van der Waals surface area contributed by atoms with Gasteiger partial charge >= 0.3 is 12.1 Å². The van der Waals surface area contributed by atoms with Crippen LogP contribution in [0.15, 0.2) is 12.2 Å². The first-order valence-corrected chi connectivity index (χ1v) is 8.91. The van der Waals surface area contributed by atoms with E-state index in [9.17, 15) is 9.59 Å². The molecule has 2 heterocycles. The average Bonchev–Trinajstić information content (AvgIpc) is 3.16. The quantitative estimate of drug-likeness (QED) is 0.442. The van der Waals surface area contributed by atoms with E-state index < -0.39 is 29.3 Å². The summed E-state index contributed by atoms with van der Waals surface area (Å²) < 4.78 is 16.6. The first-order valence-electron chi connectivity index (χ1n) is 8.91. The van der Waals surface area contributed by atoms with Gasteiger partial charge in [0.2, 0.25) is 0 Å². The molecule has 0 radical (unpaired) electrons. The van der Waals surface area contributed by atoms with Gasteiger partial charge in [-0.05, 0) is 54.9 Å². The summed E-state index contributed by atoms with van der Waals surface area (Å²) >= 11 is 0. The Morgan fingerprint density at radius 3 is 2.08 bits per heavy atom. The minimum atomic E-state index is -0.663. The van der Waals surface area contributed by atoms with Gasteiger partial charge in [-0.1, -0.05) is 12.2 Å². The highest BCUT2D eigenvalue weighted by Gasteiger charge is 2.54. The number of epoxide rings is 1. The Balaban J connectivity index is 2.30. The Morgan fingerprint density at radius 1 is 1.08 bits per heavy atom. The van der Waals surface area contributed by atoms with Crippen LogP contribution >= 0.6 is 0 Å². The van der Waals surface area contributed by atoms with Gasteiger partial charge in [0.05, 0.1) is 12.6 Å². The summed E-state index contributed by atoms with van der Waals surface area (Å²) in [5, 5.41) is 0. The van der Waals surface area contributed by atoms with Gasteiger partial charge < -0.3 is 14.2 Å². The number of amides is 1. The second kappa shape index (κ2) is 6.98. The number of hydrogen-bond donors (Lipinski definition) is 0. The molecule has 0 N–H and O–H groups in total. The molecule has 25 heavy (non-hydrogen) atoms. The summed E-state index contributed by atoms with van der Waals surface area (Å²) in [4.78, 5) is 27.1. The number of nitrogens with zero attached hydrogens (tertiary/aromatic N) is 1. The van der Waals surface area contributed by atoms with Crippen molar-refractivity contribution in [3.05, 3.63) is 12.2 Å². The van der Waals surface area contributed by atoms with E-state index in [4.69, 9.17) is 14.2 Å². The second-order valence-corrected chi connectivity index (χ2v) is 8.72. The van der Waals surface area contributed by atoms with Crippen molar-refractivity contribution in [2.75, 3.05) is 6.61 Å². The zero-order valence-electron chi connectivity index (χ0n) is 16.4. The van der Waals surface area contributed by atoms with Gasteiger partial charge in [-0.3, -0.25) is 4.90 Å². The first kappa shape index (κ1) is 19.8. The van der Waals surface area contributed by atoms with Crippen LogP contribution in [-0.4, -0.2) is 53.0 Å². The second-order valence-electron chi connectivity index (χ2n) is 8.72. The molecule has 0 aromatic heterocycles. The maximum absolute atomic E-state index is 12.9. The third kappa shape index (κ3) is 5.21. The van der Waals surface area contributed by atoms with Crippen molar-refractivity contribution >= 4 is 12.1 Å². The van der Waals surface area contributed by atoms with E-state index in [1.807, 2.05) is 60.6 Å². The Morgan fingerprint density at radius 2 is 1.64 bits per heavy atom. The van der Waals surface area contributed by atoms with Crippen LogP contribution in [-0.2, 0) is 19.0 Å². The molecule has 2 rings (SSSR count). The third-order valence-electron chi connectivity index (χ3n) is 4.05. The lowest BCUT2D eigenvalue weighted by atomic mass is 9.96. The fourth-order valence-electron chi connectivity index (χ4n) is 3.22. The number of hydrogen-bond acceptors (Lipinski definition) is 5. The minimum absolute atomic E-state index is 0.0440. The van der Waals surface area contributed by atoms with Gasteiger partial charge in [-0.15, -0.1) is 0 Å². The summed E-state index contributed by atoms with van der Waals surface area (Å²) in [5.41, 5.74) is -1.25. The van der Waals surface area contributed by atoms with E-state index in [0.717, 1.165) is 0 Å². The number of carbonyl (C=O) groups excluding carboxylic acids is 2. The molecule has 1 amide bonds. The molecule has 0 saturated carbocycles. The van der Waals surface area contributed by atoms with Crippen LogP contribution in [0.2, 0.25) is 0 Å². The molecular weight excluding hydrogens is 322 g/mol. The SMILES string of the molecule is CC=C[C@@H]1C[C@@H](C(=O)OC(C)(C)C)N(C(=O)OC(C)(C)C)[C@H]1C1CO1. The summed E-state index contributed by atoms with van der Waals surface area (Å²) in [6.45, 7) is 13.4. The van der Waals surface area contributed by atoms with Crippen LogP contribution in [0.5, 0.6) is 0 Å². The molecule has 2 aliphatic heterocycles. The summed E-state index contributed by atoms with van der Waals surface area (Å²) in [5.74, 6) is -0.349. The van der Waals surface area contributed by atoms with E-state index in [-0.39, 0.29) is 18.1 Å². The summed E-state index contributed by atoms with van der Waals surface area (Å²) in [6.07, 6.45) is 3.96. The van der Waals surface area contributed by atoms with Gasteiger partial charge in [0.15, 0.2) is 0 Å². The van der Waals surface area contributed by atoms with E-state index in [2.05, 4.69) is 0 Å². The molecule has 2 fully saturated rings. The lowest BCUT2D eigenvalue weighted by molar-refractivity contribution is -0.160. The molecular formula is C19H31NO5. The number of rotatable bonds is 3. The van der Waals surface area contributed by atoms with E-state index in [0.29, 0.717) is 13.0 Å². The molecule has 0 aromatic carbocycles. The van der Waals surface area contributed by atoms with Crippen molar-refractivity contribution in [2.45, 2.75) is 84.3 Å². The van der Waals surface area contributed by atoms with Crippen molar-refractivity contribution < 1.29 is 23.8 Å². The van der Waals surface area contributed by atoms with Crippen molar-refractivity contribution in [2.24, 2.45) is 5.92 Å². The first-order chi connectivity index (χ1) is 11.4. The van der Waals surface area contributed by atoms with Gasteiger partial charge in [-0.25, -0.2) is 9.59 Å². The van der Waals surface area contributed by atoms with Crippen LogP contribution < -0.4 is 0 Å². The smallest absolute Gasteiger partial charge is 0.411 e. The lowest BCUT2D eigenvalue weighted by Gasteiger charge is -2.33.